The zero-order valence-electron chi connectivity index (χ0n) is 19.2. The molecule has 34 heavy (non-hydrogen) atoms. The van der Waals surface area contributed by atoms with Gasteiger partial charge in [0.05, 0.1) is 19.1 Å². The highest BCUT2D eigenvalue weighted by Gasteiger charge is 2.17. The van der Waals surface area contributed by atoms with Crippen molar-refractivity contribution in [1.82, 2.24) is 15.4 Å². The number of nitrogens with one attached hydrogen (secondary N) is 3. The summed E-state index contributed by atoms with van der Waals surface area (Å²) < 4.78 is 38.3. The lowest BCUT2D eigenvalue weighted by molar-refractivity contribution is 0.240. The van der Waals surface area contributed by atoms with Gasteiger partial charge in [-0.05, 0) is 35.2 Å². The molecule has 0 aromatic heterocycles. The number of sulfonamides is 1. The van der Waals surface area contributed by atoms with E-state index in [0.717, 1.165) is 23.1 Å². The van der Waals surface area contributed by atoms with Gasteiger partial charge < -0.3 is 20.1 Å². The smallest absolute Gasteiger partial charge is 0.315 e. The number of methoxy groups -OCH3 is 2. The number of carbonyl (C=O) groups is 1. The lowest BCUT2D eigenvalue weighted by atomic mass is 10.1. The van der Waals surface area contributed by atoms with Crippen molar-refractivity contribution in [2.45, 2.75) is 24.4 Å². The summed E-state index contributed by atoms with van der Waals surface area (Å²) in [6.07, 6.45) is 0.754. The van der Waals surface area contributed by atoms with Gasteiger partial charge in [-0.3, -0.25) is 0 Å². The molecule has 0 aliphatic rings. The maximum absolute atomic E-state index is 12.7. The monoisotopic (exact) mass is 483 g/mol. The third kappa shape index (κ3) is 7.23. The van der Waals surface area contributed by atoms with Crippen molar-refractivity contribution in [3.63, 3.8) is 0 Å². The van der Waals surface area contributed by atoms with E-state index in [2.05, 4.69) is 15.4 Å². The fourth-order valence-electron chi connectivity index (χ4n) is 3.30. The Morgan fingerprint density at radius 2 is 1.44 bits per heavy atom. The number of ether oxygens (including phenoxy) is 2. The topological polar surface area (TPSA) is 106 Å². The Balaban J connectivity index is 1.50. The number of benzene rings is 3. The molecule has 0 saturated heterocycles. The average molecular weight is 484 g/mol. The zero-order chi connectivity index (χ0) is 24.4. The van der Waals surface area contributed by atoms with Crippen molar-refractivity contribution in [2.24, 2.45) is 0 Å². The minimum Gasteiger partial charge on any atom is -0.493 e. The lowest BCUT2D eigenvalue weighted by Gasteiger charge is -2.12. The molecule has 3 rings (SSSR count). The summed E-state index contributed by atoms with van der Waals surface area (Å²) in [7, 11) is -0.817. The van der Waals surface area contributed by atoms with Crippen LogP contribution in [0.4, 0.5) is 4.79 Å². The molecule has 0 radical (unpaired) electrons. The van der Waals surface area contributed by atoms with Gasteiger partial charge in [0, 0.05) is 25.7 Å². The van der Waals surface area contributed by atoms with Gasteiger partial charge in [0.15, 0.2) is 11.5 Å². The molecule has 3 aromatic carbocycles. The molecule has 9 heteroatoms. The summed E-state index contributed by atoms with van der Waals surface area (Å²) in [5, 5.41) is 5.66. The van der Waals surface area contributed by atoms with Gasteiger partial charge in [-0.1, -0.05) is 54.6 Å². The summed E-state index contributed by atoms with van der Waals surface area (Å²) in [5.41, 5.74) is 2.79. The van der Waals surface area contributed by atoms with Crippen LogP contribution >= 0.6 is 0 Å². The van der Waals surface area contributed by atoms with Crippen molar-refractivity contribution < 1.29 is 22.7 Å². The zero-order valence-corrected chi connectivity index (χ0v) is 20.0. The third-order valence-electron chi connectivity index (χ3n) is 5.12. The molecular weight excluding hydrogens is 454 g/mol. The molecule has 0 atom stereocenters. The Morgan fingerprint density at radius 3 is 2.15 bits per heavy atom. The van der Waals surface area contributed by atoms with Crippen LogP contribution in [0.25, 0.3) is 0 Å². The largest absolute Gasteiger partial charge is 0.493 e. The summed E-state index contributed by atoms with van der Waals surface area (Å²) in [4.78, 5) is 12.1. The van der Waals surface area contributed by atoms with Crippen molar-refractivity contribution in [2.75, 3.05) is 20.8 Å². The van der Waals surface area contributed by atoms with Gasteiger partial charge in [-0.25, -0.2) is 17.9 Å². The van der Waals surface area contributed by atoms with Crippen molar-refractivity contribution in [1.29, 1.82) is 0 Å². The summed E-state index contributed by atoms with van der Waals surface area (Å²) in [6.45, 7) is 0.967. The van der Waals surface area contributed by atoms with Gasteiger partial charge in [-0.2, -0.15) is 0 Å². The summed E-state index contributed by atoms with van der Waals surface area (Å²) in [6, 6.07) is 21.5. The van der Waals surface area contributed by atoms with E-state index in [0.29, 0.717) is 24.6 Å². The van der Waals surface area contributed by atoms with E-state index in [1.54, 1.807) is 6.07 Å². The maximum Gasteiger partial charge on any atom is 0.315 e. The molecule has 0 spiro atoms. The Bertz CT molecular complexity index is 1200. The van der Waals surface area contributed by atoms with Gasteiger partial charge in [-0.15, -0.1) is 0 Å². The van der Waals surface area contributed by atoms with E-state index >= 15 is 0 Å². The van der Waals surface area contributed by atoms with Gasteiger partial charge in [0.2, 0.25) is 10.0 Å². The SMILES string of the molecule is COc1ccc(S(=O)(=O)NCc2cccc(CNC(=O)NCCc3ccccc3)c2)cc1OC. The van der Waals surface area contributed by atoms with Crippen LogP contribution in [0.2, 0.25) is 0 Å². The maximum atomic E-state index is 12.7. The standard InChI is InChI=1S/C25H29N3O5S/c1-32-23-12-11-22(16-24(23)33-2)34(30,31)28-18-21-10-6-9-20(15-21)17-27-25(29)26-14-13-19-7-4-3-5-8-19/h3-12,15-16,28H,13-14,17-18H2,1-2H3,(H2,26,27,29). The number of rotatable bonds is 11. The van der Waals surface area contributed by atoms with E-state index in [1.807, 2.05) is 54.6 Å². The first kappa shape index (κ1) is 25.1. The van der Waals surface area contributed by atoms with Crippen LogP contribution in [0.1, 0.15) is 16.7 Å². The van der Waals surface area contributed by atoms with Crippen LogP contribution in [0.5, 0.6) is 11.5 Å². The fraction of sp³-hybridized carbons (Fsp3) is 0.240. The summed E-state index contributed by atoms with van der Waals surface area (Å²) >= 11 is 0. The van der Waals surface area contributed by atoms with Crippen LogP contribution in [0, 0.1) is 0 Å². The molecule has 0 aliphatic carbocycles. The Labute approximate surface area is 200 Å². The first-order valence-corrected chi connectivity index (χ1v) is 12.2. The van der Waals surface area contributed by atoms with Gasteiger partial charge >= 0.3 is 6.03 Å². The van der Waals surface area contributed by atoms with E-state index in [1.165, 1.54) is 26.4 Å². The third-order valence-corrected chi connectivity index (χ3v) is 6.52. The molecule has 0 aliphatic heterocycles. The molecule has 0 unspecified atom stereocenters. The Hall–Kier alpha value is -3.56. The average Bonchev–Trinajstić information content (AvgIpc) is 2.86. The minimum absolute atomic E-state index is 0.0788. The van der Waals surface area contributed by atoms with E-state index in [-0.39, 0.29) is 17.5 Å². The van der Waals surface area contributed by atoms with E-state index in [9.17, 15) is 13.2 Å². The van der Waals surface area contributed by atoms with Gasteiger partial charge in [0.25, 0.3) is 0 Å². The molecule has 180 valence electrons. The number of amides is 2. The normalized spacial score (nSPS) is 11.0. The fourth-order valence-corrected chi connectivity index (χ4v) is 4.34. The lowest BCUT2D eigenvalue weighted by Crippen LogP contribution is -2.36. The second-order valence-corrected chi connectivity index (χ2v) is 9.27. The molecule has 3 N–H and O–H groups in total. The van der Waals surface area contributed by atoms with Crippen LogP contribution in [0.3, 0.4) is 0 Å². The molecule has 3 aromatic rings. The second kappa shape index (κ2) is 12.1. The summed E-state index contributed by atoms with van der Waals surface area (Å²) in [5.74, 6) is 0.784. The van der Waals surface area contributed by atoms with Crippen LogP contribution < -0.4 is 24.8 Å². The van der Waals surface area contributed by atoms with Crippen LogP contribution in [-0.2, 0) is 29.5 Å². The molecule has 2 amide bonds. The molecule has 0 heterocycles. The van der Waals surface area contributed by atoms with Crippen molar-refractivity contribution >= 4 is 16.1 Å². The molecule has 0 bridgehead atoms. The molecule has 8 nitrogen and oxygen atoms in total. The van der Waals surface area contributed by atoms with Crippen LogP contribution in [0.15, 0.2) is 77.7 Å². The highest BCUT2D eigenvalue weighted by molar-refractivity contribution is 7.89. The highest BCUT2D eigenvalue weighted by Crippen LogP contribution is 2.29. The second-order valence-electron chi connectivity index (χ2n) is 7.51. The molecule has 0 fully saturated rings. The van der Waals surface area contributed by atoms with E-state index < -0.39 is 10.0 Å². The van der Waals surface area contributed by atoms with E-state index in [4.69, 9.17) is 9.47 Å². The highest BCUT2D eigenvalue weighted by atomic mass is 32.2. The first-order valence-electron chi connectivity index (χ1n) is 10.8. The van der Waals surface area contributed by atoms with Gasteiger partial charge in [0.1, 0.15) is 0 Å². The predicted molar refractivity (Wildman–Crippen MR) is 130 cm³/mol. The van der Waals surface area contributed by atoms with Crippen LogP contribution in [-0.4, -0.2) is 35.2 Å². The number of urea groups is 1. The Morgan fingerprint density at radius 1 is 0.765 bits per heavy atom. The molecular formula is C25H29N3O5S. The number of hydrogen-bond acceptors (Lipinski definition) is 5. The number of carbonyl (C=O) groups excluding carboxylic acids is 1. The first-order chi connectivity index (χ1) is 16.4. The quantitative estimate of drug-likeness (QED) is 0.388. The molecule has 0 saturated carbocycles. The predicted octanol–water partition coefficient (Wildman–Crippen LogP) is 3.22. The number of hydrogen-bond donors (Lipinski definition) is 3. The minimum atomic E-state index is -3.75. The van der Waals surface area contributed by atoms with Crippen molar-refractivity contribution in [3.8, 4) is 11.5 Å². The Kier molecular flexibility index (Phi) is 8.89. The van der Waals surface area contributed by atoms with Crippen molar-refractivity contribution in [3.05, 3.63) is 89.5 Å².